The van der Waals surface area contributed by atoms with Gasteiger partial charge >= 0.3 is 0 Å². The van der Waals surface area contributed by atoms with Crippen LogP contribution in [0.25, 0.3) is 10.9 Å². The van der Waals surface area contributed by atoms with Crippen molar-refractivity contribution >= 4 is 16.8 Å². The second kappa shape index (κ2) is 5.57. The van der Waals surface area contributed by atoms with E-state index in [-0.39, 0.29) is 11.9 Å². The fraction of sp³-hybridized carbons (Fsp3) is 0.333. The van der Waals surface area contributed by atoms with Crippen molar-refractivity contribution in [1.82, 2.24) is 19.7 Å². The van der Waals surface area contributed by atoms with Gasteiger partial charge in [-0.05, 0) is 31.4 Å². The number of aromatic nitrogens is 3. The van der Waals surface area contributed by atoms with Crippen molar-refractivity contribution in [2.24, 2.45) is 7.05 Å². The standard InChI is InChI=1S/C18H20N4O/c1-21-12-14(13-6-2-3-7-16(13)21)18(23)22-11-5-4-8-17(22)15-9-10-19-20-15/h2-3,6-7,9-10,12,17H,4-5,8,11H2,1H3,(H,19,20)/t17-/m1/s1. The van der Waals surface area contributed by atoms with Crippen LogP contribution in [0.2, 0.25) is 0 Å². The Morgan fingerprint density at radius 1 is 1.26 bits per heavy atom. The maximum absolute atomic E-state index is 13.2. The monoisotopic (exact) mass is 308 g/mol. The first kappa shape index (κ1) is 14.1. The summed E-state index contributed by atoms with van der Waals surface area (Å²) in [4.78, 5) is 15.2. The van der Waals surface area contributed by atoms with Crippen molar-refractivity contribution in [2.45, 2.75) is 25.3 Å². The summed E-state index contributed by atoms with van der Waals surface area (Å²) in [5.74, 6) is 0.112. The van der Waals surface area contributed by atoms with E-state index in [0.717, 1.165) is 48.0 Å². The smallest absolute Gasteiger partial charge is 0.256 e. The summed E-state index contributed by atoms with van der Waals surface area (Å²) < 4.78 is 2.03. The van der Waals surface area contributed by atoms with Crippen molar-refractivity contribution in [3.8, 4) is 0 Å². The fourth-order valence-corrected chi connectivity index (χ4v) is 3.62. The zero-order valence-electron chi connectivity index (χ0n) is 13.2. The molecule has 0 radical (unpaired) electrons. The van der Waals surface area contributed by atoms with Crippen LogP contribution in [0.5, 0.6) is 0 Å². The summed E-state index contributed by atoms with van der Waals surface area (Å²) in [5.41, 5.74) is 2.90. The van der Waals surface area contributed by atoms with Crippen LogP contribution < -0.4 is 0 Å². The highest BCUT2D eigenvalue weighted by Gasteiger charge is 2.30. The number of carbonyl (C=O) groups is 1. The van der Waals surface area contributed by atoms with Crippen LogP contribution in [0.15, 0.2) is 42.7 Å². The lowest BCUT2D eigenvalue weighted by Gasteiger charge is -2.35. The third kappa shape index (κ3) is 2.32. The summed E-state index contributed by atoms with van der Waals surface area (Å²) in [7, 11) is 1.99. The molecular formula is C18H20N4O. The molecule has 0 bridgehead atoms. The number of aromatic amines is 1. The van der Waals surface area contributed by atoms with Gasteiger partial charge in [0.25, 0.3) is 5.91 Å². The molecule has 1 atom stereocenters. The number of piperidine rings is 1. The molecule has 0 unspecified atom stereocenters. The SMILES string of the molecule is Cn1cc(C(=O)N2CCCC[C@@H]2c2ccn[nH]2)c2ccccc21. The Balaban J connectivity index is 1.74. The molecule has 1 aliphatic heterocycles. The van der Waals surface area contributed by atoms with E-state index >= 15 is 0 Å². The summed E-state index contributed by atoms with van der Waals surface area (Å²) >= 11 is 0. The van der Waals surface area contributed by atoms with E-state index in [1.165, 1.54) is 0 Å². The second-order valence-electron chi connectivity index (χ2n) is 6.19. The van der Waals surface area contributed by atoms with E-state index in [4.69, 9.17) is 0 Å². The molecular weight excluding hydrogens is 288 g/mol. The van der Waals surface area contributed by atoms with Crippen molar-refractivity contribution < 1.29 is 4.79 Å². The zero-order valence-corrected chi connectivity index (χ0v) is 13.2. The topological polar surface area (TPSA) is 53.9 Å². The molecule has 4 rings (SSSR count). The number of hydrogen-bond donors (Lipinski definition) is 1. The predicted octanol–water partition coefficient (Wildman–Crippen LogP) is 3.27. The number of hydrogen-bond acceptors (Lipinski definition) is 2. The molecule has 5 heteroatoms. The lowest BCUT2D eigenvalue weighted by Crippen LogP contribution is -2.38. The first-order valence-electron chi connectivity index (χ1n) is 8.10. The largest absolute Gasteiger partial charge is 0.350 e. The van der Waals surface area contributed by atoms with Crippen LogP contribution in [-0.2, 0) is 7.05 Å². The normalized spacial score (nSPS) is 18.5. The molecule has 23 heavy (non-hydrogen) atoms. The Kier molecular flexibility index (Phi) is 3.41. The number of H-pyrrole nitrogens is 1. The van der Waals surface area contributed by atoms with Gasteiger partial charge in [-0.25, -0.2) is 0 Å². The van der Waals surface area contributed by atoms with Gasteiger partial charge in [0.2, 0.25) is 0 Å². The highest BCUT2D eigenvalue weighted by atomic mass is 16.2. The van der Waals surface area contributed by atoms with Gasteiger partial charge in [-0.1, -0.05) is 18.2 Å². The minimum atomic E-state index is 0.0951. The Morgan fingerprint density at radius 3 is 2.96 bits per heavy atom. The van der Waals surface area contributed by atoms with Crippen LogP contribution in [0.4, 0.5) is 0 Å². The third-order valence-corrected chi connectivity index (χ3v) is 4.77. The van der Waals surface area contributed by atoms with Gasteiger partial charge in [0.05, 0.1) is 17.3 Å². The number of aryl methyl sites for hydroxylation is 1. The summed E-state index contributed by atoms with van der Waals surface area (Å²) in [6.45, 7) is 0.797. The number of nitrogens with zero attached hydrogens (tertiary/aromatic N) is 3. The number of rotatable bonds is 2. The number of benzene rings is 1. The van der Waals surface area contributed by atoms with Gasteiger partial charge in [-0.3, -0.25) is 9.89 Å². The Labute approximate surface area is 134 Å². The number of fused-ring (bicyclic) bond motifs is 1. The summed E-state index contributed by atoms with van der Waals surface area (Å²) in [6.07, 6.45) is 6.89. The Bertz CT molecular complexity index is 834. The molecule has 3 aromatic rings. The zero-order chi connectivity index (χ0) is 15.8. The fourth-order valence-electron chi connectivity index (χ4n) is 3.62. The van der Waals surface area contributed by atoms with Crippen LogP contribution in [-0.4, -0.2) is 32.1 Å². The molecule has 1 saturated heterocycles. The van der Waals surface area contributed by atoms with E-state index in [1.807, 2.05) is 47.0 Å². The highest BCUT2D eigenvalue weighted by molar-refractivity contribution is 6.07. The van der Waals surface area contributed by atoms with Crippen molar-refractivity contribution in [1.29, 1.82) is 0 Å². The van der Waals surface area contributed by atoms with Crippen molar-refractivity contribution in [3.63, 3.8) is 0 Å². The molecule has 1 aliphatic rings. The van der Waals surface area contributed by atoms with Gasteiger partial charge in [-0.15, -0.1) is 0 Å². The van der Waals surface area contributed by atoms with E-state index in [1.54, 1.807) is 6.20 Å². The number of likely N-dealkylation sites (tertiary alicyclic amines) is 1. The molecule has 118 valence electrons. The van der Waals surface area contributed by atoms with Gasteiger partial charge < -0.3 is 9.47 Å². The maximum Gasteiger partial charge on any atom is 0.256 e. The molecule has 0 saturated carbocycles. The van der Waals surface area contributed by atoms with E-state index < -0.39 is 0 Å². The highest BCUT2D eigenvalue weighted by Crippen LogP contribution is 2.32. The molecule has 1 fully saturated rings. The Morgan fingerprint density at radius 2 is 2.13 bits per heavy atom. The van der Waals surface area contributed by atoms with Gasteiger partial charge in [0.1, 0.15) is 0 Å². The first-order valence-corrected chi connectivity index (χ1v) is 8.10. The minimum Gasteiger partial charge on any atom is -0.350 e. The van der Waals surface area contributed by atoms with E-state index in [0.29, 0.717) is 0 Å². The first-order chi connectivity index (χ1) is 11.3. The molecule has 5 nitrogen and oxygen atoms in total. The number of carbonyl (C=O) groups excluding carboxylic acids is 1. The van der Waals surface area contributed by atoms with Crippen molar-refractivity contribution in [3.05, 3.63) is 54.0 Å². The minimum absolute atomic E-state index is 0.0951. The molecule has 1 amide bonds. The van der Waals surface area contributed by atoms with Crippen LogP contribution >= 0.6 is 0 Å². The molecule has 1 N–H and O–H groups in total. The average Bonchev–Trinajstić information content (AvgIpc) is 3.23. The third-order valence-electron chi connectivity index (χ3n) is 4.77. The average molecular weight is 308 g/mol. The molecule has 0 spiro atoms. The lowest BCUT2D eigenvalue weighted by atomic mass is 9.98. The number of para-hydroxylation sites is 1. The van der Waals surface area contributed by atoms with Crippen LogP contribution in [0.1, 0.15) is 41.4 Å². The van der Waals surface area contributed by atoms with Crippen molar-refractivity contribution in [2.75, 3.05) is 6.54 Å². The van der Waals surface area contributed by atoms with Gasteiger partial charge in [0.15, 0.2) is 0 Å². The number of amides is 1. The van der Waals surface area contributed by atoms with E-state index in [2.05, 4.69) is 16.3 Å². The van der Waals surface area contributed by atoms with Crippen LogP contribution in [0, 0.1) is 0 Å². The second-order valence-corrected chi connectivity index (χ2v) is 6.19. The molecule has 3 heterocycles. The van der Waals surface area contributed by atoms with Gasteiger partial charge in [0, 0.05) is 36.9 Å². The Hall–Kier alpha value is -2.56. The maximum atomic E-state index is 13.2. The molecule has 2 aromatic heterocycles. The lowest BCUT2D eigenvalue weighted by molar-refractivity contribution is 0.0608. The summed E-state index contributed by atoms with van der Waals surface area (Å²) in [5, 5.41) is 8.11. The van der Waals surface area contributed by atoms with E-state index in [9.17, 15) is 4.79 Å². The number of nitrogens with one attached hydrogen (secondary N) is 1. The molecule has 0 aliphatic carbocycles. The quantitative estimate of drug-likeness (QED) is 0.790. The molecule has 1 aromatic carbocycles. The predicted molar refractivity (Wildman–Crippen MR) is 89.1 cm³/mol. The van der Waals surface area contributed by atoms with Gasteiger partial charge in [-0.2, -0.15) is 5.10 Å². The summed E-state index contributed by atoms with van der Waals surface area (Å²) in [6, 6.07) is 10.1. The van der Waals surface area contributed by atoms with Crippen LogP contribution in [0.3, 0.4) is 0 Å².